The maximum Gasteiger partial charge on any atom is 0.401 e. The molecule has 0 heterocycles. The number of rotatable bonds is 5. The molecule has 18 heavy (non-hydrogen) atoms. The van der Waals surface area contributed by atoms with Gasteiger partial charge in [0.2, 0.25) is 0 Å². The second-order valence-electron chi connectivity index (χ2n) is 4.10. The number of benzene rings is 1. The minimum Gasteiger partial charge on any atom is -0.291 e. The number of halogens is 5. The van der Waals surface area contributed by atoms with Crippen molar-refractivity contribution in [2.75, 3.05) is 13.1 Å². The monoisotopic (exact) mass is 327 g/mol. The summed E-state index contributed by atoms with van der Waals surface area (Å²) < 4.78 is 50.8. The van der Waals surface area contributed by atoms with Gasteiger partial charge in [-0.15, -0.1) is 0 Å². The van der Waals surface area contributed by atoms with Gasteiger partial charge in [0.05, 0.1) is 6.54 Å². The molecule has 0 aliphatic rings. The molecule has 1 rings (SSSR count). The summed E-state index contributed by atoms with van der Waals surface area (Å²) in [4.78, 5) is 1.27. The lowest BCUT2D eigenvalue weighted by Gasteiger charge is -2.23. The highest BCUT2D eigenvalue weighted by atomic mass is 79.9. The first kappa shape index (κ1) is 15.4. The molecule has 0 radical (unpaired) electrons. The molecule has 1 aromatic carbocycles. The van der Waals surface area contributed by atoms with Crippen molar-refractivity contribution in [1.82, 2.24) is 4.90 Å². The summed E-state index contributed by atoms with van der Waals surface area (Å²) in [5.74, 6) is -0.456. The van der Waals surface area contributed by atoms with Gasteiger partial charge in [-0.25, -0.2) is 4.39 Å². The quantitative estimate of drug-likeness (QED) is 0.726. The van der Waals surface area contributed by atoms with E-state index in [0.717, 1.165) is 0 Å². The van der Waals surface area contributed by atoms with Crippen LogP contribution >= 0.6 is 15.9 Å². The smallest absolute Gasteiger partial charge is 0.291 e. The first-order valence-electron chi connectivity index (χ1n) is 5.54. The Morgan fingerprint density at radius 2 is 1.89 bits per heavy atom. The lowest BCUT2D eigenvalue weighted by atomic mass is 10.2. The first-order valence-corrected chi connectivity index (χ1v) is 6.33. The van der Waals surface area contributed by atoms with Gasteiger partial charge < -0.3 is 0 Å². The highest BCUT2D eigenvalue weighted by molar-refractivity contribution is 9.10. The zero-order chi connectivity index (χ0) is 13.8. The molecular formula is C12H14BrF4N. The summed E-state index contributed by atoms with van der Waals surface area (Å²) in [6.45, 7) is 1.25. The van der Waals surface area contributed by atoms with Crippen LogP contribution in [-0.4, -0.2) is 24.2 Å². The van der Waals surface area contributed by atoms with Crippen molar-refractivity contribution < 1.29 is 17.6 Å². The second kappa shape index (κ2) is 6.52. The van der Waals surface area contributed by atoms with Crippen molar-refractivity contribution in [2.24, 2.45) is 0 Å². The van der Waals surface area contributed by atoms with Crippen LogP contribution in [0.15, 0.2) is 22.7 Å². The second-order valence-corrected chi connectivity index (χ2v) is 5.02. The van der Waals surface area contributed by atoms with Crippen LogP contribution in [0.1, 0.15) is 18.9 Å². The Morgan fingerprint density at radius 3 is 2.39 bits per heavy atom. The zero-order valence-corrected chi connectivity index (χ0v) is 11.5. The van der Waals surface area contributed by atoms with Crippen LogP contribution < -0.4 is 0 Å². The van der Waals surface area contributed by atoms with Crippen LogP contribution in [-0.2, 0) is 6.54 Å². The topological polar surface area (TPSA) is 3.24 Å². The third-order valence-corrected chi connectivity index (χ3v) is 2.73. The standard InChI is InChI=1S/C12H14BrF4N/c1-2-3-18(8-12(15,16)17)7-9-4-10(13)6-11(14)5-9/h4-6H,2-3,7-8H2,1H3. The average molecular weight is 328 g/mol. The highest BCUT2D eigenvalue weighted by Crippen LogP contribution is 2.20. The van der Waals surface area contributed by atoms with E-state index in [1.54, 1.807) is 6.07 Å². The summed E-state index contributed by atoms with van der Waals surface area (Å²) in [7, 11) is 0. The van der Waals surface area contributed by atoms with Crippen molar-refractivity contribution in [2.45, 2.75) is 26.1 Å². The van der Waals surface area contributed by atoms with Crippen LogP contribution in [0.4, 0.5) is 17.6 Å². The molecule has 102 valence electrons. The minimum atomic E-state index is -4.24. The van der Waals surface area contributed by atoms with Gasteiger partial charge in [-0.3, -0.25) is 4.90 Å². The van der Waals surface area contributed by atoms with Crippen LogP contribution in [0.2, 0.25) is 0 Å². The summed E-state index contributed by atoms with van der Waals surface area (Å²) in [6.07, 6.45) is -3.62. The summed E-state index contributed by atoms with van der Waals surface area (Å²) in [5, 5.41) is 0. The fourth-order valence-corrected chi connectivity index (χ4v) is 2.26. The third-order valence-electron chi connectivity index (χ3n) is 2.27. The van der Waals surface area contributed by atoms with Gasteiger partial charge in [0.25, 0.3) is 0 Å². The van der Waals surface area contributed by atoms with Gasteiger partial charge in [-0.2, -0.15) is 13.2 Å². The molecule has 0 spiro atoms. The molecule has 0 saturated heterocycles. The van der Waals surface area contributed by atoms with E-state index in [4.69, 9.17) is 0 Å². The van der Waals surface area contributed by atoms with Crippen LogP contribution in [0.25, 0.3) is 0 Å². The Labute approximate surface area is 112 Å². The molecule has 0 saturated carbocycles. The van der Waals surface area contributed by atoms with Crippen LogP contribution in [0.3, 0.4) is 0 Å². The van der Waals surface area contributed by atoms with E-state index in [-0.39, 0.29) is 6.54 Å². The molecule has 1 nitrogen and oxygen atoms in total. The normalized spacial score (nSPS) is 12.2. The first-order chi connectivity index (χ1) is 8.30. The Kier molecular flexibility index (Phi) is 5.59. The molecule has 0 atom stereocenters. The molecule has 0 N–H and O–H groups in total. The molecule has 0 aliphatic carbocycles. The van der Waals surface area contributed by atoms with E-state index in [9.17, 15) is 17.6 Å². The fraction of sp³-hybridized carbons (Fsp3) is 0.500. The number of alkyl halides is 3. The molecular weight excluding hydrogens is 314 g/mol. The van der Waals surface area contributed by atoms with Gasteiger partial charge in [0.15, 0.2) is 0 Å². The Balaban J connectivity index is 2.76. The van der Waals surface area contributed by atoms with Crippen molar-refractivity contribution in [3.05, 3.63) is 34.1 Å². The van der Waals surface area contributed by atoms with E-state index in [1.165, 1.54) is 17.0 Å². The molecule has 0 fully saturated rings. The predicted molar refractivity (Wildman–Crippen MR) is 65.7 cm³/mol. The van der Waals surface area contributed by atoms with Crippen molar-refractivity contribution in [3.8, 4) is 0 Å². The molecule has 0 unspecified atom stereocenters. The largest absolute Gasteiger partial charge is 0.401 e. The van der Waals surface area contributed by atoms with Gasteiger partial charge in [-0.05, 0) is 36.7 Å². The third kappa shape index (κ3) is 5.82. The van der Waals surface area contributed by atoms with Crippen molar-refractivity contribution in [3.63, 3.8) is 0 Å². The van der Waals surface area contributed by atoms with Gasteiger partial charge in [0, 0.05) is 11.0 Å². The Morgan fingerprint density at radius 1 is 1.22 bits per heavy atom. The Hall–Kier alpha value is -0.620. The Bertz CT molecular complexity index is 372. The molecule has 1 aromatic rings. The molecule has 0 amide bonds. The van der Waals surface area contributed by atoms with E-state index in [0.29, 0.717) is 23.0 Å². The predicted octanol–water partition coefficient (Wildman–Crippen LogP) is 4.36. The lowest BCUT2D eigenvalue weighted by Crippen LogP contribution is -2.34. The van der Waals surface area contributed by atoms with E-state index < -0.39 is 18.5 Å². The van der Waals surface area contributed by atoms with Crippen molar-refractivity contribution in [1.29, 1.82) is 0 Å². The minimum absolute atomic E-state index is 0.0870. The SMILES string of the molecule is CCCN(Cc1cc(F)cc(Br)c1)CC(F)(F)F. The van der Waals surface area contributed by atoms with E-state index >= 15 is 0 Å². The summed E-state index contributed by atoms with van der Waals surface area (Å²) >= 11 is 3.12. The lowest BCUT2D eigenvalue weighted by molar-refractivity contribution is -0.147. The molecule has 6 heteroatoms. The maximum absolute atomic E-state index is 13.1. The van der Waals surface area contributed by atoms with Crippen LogP contribution in [0, 0.1) is 5.82 Å². The number of hydrogen-bond acceptors (Lipinski definition) is 1. The summed E-state index contributed by atoms with van der Waals surface area (Å²) in [5.41, 5.74) is 0.527. The van der Waals surface area contributed by atoms with E-state index in [2.05, 4.69) is 15.9 Å². The van der Waals surface area contributed by atoms with E-state index in [1.807, 2.05) is 6.92 Å². The van der Waals surface area contributed by atoms with Crippen molar-refractivity contribution >= 4 is 15.9 Å². The molecule has 0 aromatic heterocycles. The maximum atomic E-state index is 13.1. The zero-order valence-electron chi connectivity index (χ0n) is 9.90. The van der Waals surface area contributed by atoms with Gasteiger partial charge in [0.1, 0.15) is 5.82 Å². The average Bonchev–Trinajstić information content (AvgIpc) is 2.12. The number of nitrogens with zero attached hydrogens (tertiary/aromatic N) is 1. The number of hydrogen-bond donors (Lipinski definition) is 0. The molecule has 0 bridgehead atoms. The summed E-state index contributed by atoms with van der Waals surface area (Å²) in [6, 6.07) is 4.16. The van der Waals surface area contributed by atoms with Gasteiger partial charge in [-0.1, -0.05) is 22.9 Å². The fourth-order valence-electron chi connectivity index (χ4n) is 1.74. The van der Waals surface area contributed by atoms with Gasteiger partial charge >= 0.3 is 6.18 Å². The molecule has 0 aliphatic heterocycles. The van der Waals surface area contributed by atoms with Crippen LogP contribution in [0.5, 0.6) is 0 Å². The highest BCUT2D eigenvalue weighted by Gasteiger charge is 2.30.